The van der Waals surface area contributed by atoms with Crippen LogP contribution >= 0.6 is 0 Å². The molecule has 2 aromatic rings. The Morgan fingerprint density at radius 1 is 1.12 bits per heavy atom. The van der Waals surface area contributed by atoms with Gasteiger partial charge in [-0.1, -0.05) is 24.3 Å². The predicted octanol–water partition coefficient (Wildman–Crippen LogP) is 3.72. The second-order valence-electron chi connectivity index (χ2n) is 6.92. The summed E-state index contributed by atoms with van der Waals surface area (Å²) in [6, 6.07) is 16.6. The molecule has 1 aliphatic rings. The molecule has 0 aromatic heterocycles. The Bertz CT molecular complexity index is 706. The third-order valence-corrected chi connectivity index (χ3v) is 4.73. The van der Waals surface area contributed by atoms with Crippen molar-refractivity contribution in [3.8, 4) is 5.75 Å². The highest BCUT2D eigenvalue weighted by atomic mass is 16.5. The molecule has 4 nitrogen and oxygen atoms in total. The number of carbonyl (C=O) groups is 1. The summed E-state index contributed by atoms with van der Waals surface area (Å²) < 4.78 is 5.51. The highest BCUT2D eigenvalue weighted by Gasteiger charge is 2.11. The maximum absolute atomic E-state index is 11.9. The van der Waals surface area contributed by atoms with E-state index in [1.165, 1.54) is 37.2 Å². The van der Waals surface area contributed by atoms with Crippen LogP contribution in [0.2, 0.25) is 0 Å². The van der Waals surface area contributed by atoms with Gasteiger partial charge in [-0.15, -0.1) is 0 Å². The van der Waals surface area contributed by atoms with Gasteiger partial charge in [0.1, 0.15) is 5.75 Å². The Balaban J connectivity index is 1.32. The van der Waals surface area contributed by atoms with Crippen LogP contribution in [0.5, 0.6) is 5.75 Å². The normalized spacial score (nSPS) is 13.7. The maximum Gasteiger partial charge on any atom is 0.257 e. The second-order valence-corrected chi connectivity index (χ2v) is 6.92. The van der Waals surface area contributed by atoms with E-state index >= 15 is 0 Å². The zero-order valence-electron chi connectivity index (χ0n) is 15.5. The SMILES string of the molecule is Cc1cccc(OCC(=O)NCCCc2ccc(N3CCCC3)cc2)c1. The number of hydrogen-bond donors (Lipinski definition) is 1. The van der Waals surface area contributed by atoms with E-state index in [-0.39, 0.29) is 12.5 Å². The largest absolute Gasteiger partial charge is 0.484 e. The van der Waals surface area contributed by atoms with Crippen LogP contribution in [-0.4, -0.2) is 32.1 Å². The Labute approximate surface area is 156 Å². The van der Waals surface area contributed by atoms with E-state index in [1.54, 1.807) is 0 Å². The van der Waals surface area contributed by atoms with Gasteiger partial charge in [-0.25, -0.2) is 0 Å². The molecule has 26 heavy (non-hydrogen) atoms. The van der Waals surface area contributed by atoms with Gasteiger partial charge in [0, 0.05) is 25.3 Å². The third kappa shape index (κ3) is 5.51. The van der Waals surface area contributed by atoms with Crippen molar-refractivity contribution in [3.63, 3.8) is 0 Å². The highest BCUT2D eigenvalue weighted by Crippen LogP contribution is 2.20. The number of nitrogens with one attached hydrogen (secondary N) is 1. The van der Waals surface area contributed by atoms with E-state index in [1.807, 2.05) is 31.2 Å². The number of aryl methyl sites for hydroxylation is 2. The summed E-state index contributed by atoms with van der Waals surface area (Å²) in [4.78, 5) is 14.3. The number of anilines is 1. The van der Waals surface area contributed by atoms with Crippen molar-refractivity contribution >= 4 is 11.6 Å². The molecule has 1 aliphatic heterocycles. The van der Waals surface area contributed by atoms with Gasteiger partial charge >= 0.3 is 0 Å². The summed E-state index contributed by atoms with van der Waals surface area (Å²) in [5, 5.41) is 2.92. The minimum Gasteiger partial charge on any atom is -0.484 e. The average Bonchev–Trinajstić information content (AvgIpc) is 3.19. The molecular formula is C22H28N2O2. The fourth-order valence-electron chi connectivity index (χ4n) is 3.27. The van der Waals surface area contributed by atoms with Crippen LogP contribution in [0, 0.1) is 6.92 Å². The van der Waals surface area contributed by atoms with Crippen molar-refractivity contribution in [1.29, 1.82) is 0 Å². The minimum atomic E-state index is -0.0733. The summed E-state index contributed by atoms with van der Waals surface area (Å²) >= 11 is 0. The van der Waals surface area contributed by atoms with E-state index in [4.69, 9.17) is 4.74 Å². The predicted molar refractivity (Wildman–Crippen MR) is 106 cm³/mol. The molecule has 1 fully saturated rings. The first-order chi connectivity index (χ1) is 12.7. The lowest BCUT2D eigenvalue weighted by Gasteiger charge is -2.17. The lowest BCUT2D eigenvalue weighted by molar-refractivity contribution is -0.123. The van der Waals surface area contributed by atoms with Crippen molar-refractivity contribution < 1.29 is 9.53 Å². The van der Waals surface area contributed by atoms with Gasteiger partial charge in [0.25, 0.3) is 5.91 Å². The fraction of sp³-hybridized carbons (Fsp3) is 0.409. The molecular weight excluding hydrogens is 324 g/mol. The van der Waals surface area contributed by atoms with Crippen molar-refractivity contribution in [1.82, 2.24) is 5.32 Å². The molecule has 1 saturated heterocycles. The summed E-state index contributed by atoms with van der Waals surface area (Å²) in [5.41, 5.74) is 3.77. The van der Waals surface area contributed by atoms with Crippen molar-refractivity contribution in [2.45, 2.75) is 32.6 Å². The molecule has 138 valence electrons. The molecule has 1 amide bonds. The molecule has 0 bridgehead atoms. The standard InChI is InChI=1S/C22H28N2O2/c1-18-6-4-8-21(16-18)26-17-22(25)23-13-5-7-19-9-11-20(12-10-19)24-14-2-3-15-24/h4,6,8-12,16H,2-3,5,7,13-15,17H2,1H3,(H,23,25). The van der Waals surface area contributed by atoms with E-state index < -0.39 is 0 Å². The van der Waals surface area contributed by atoms with Crippen LogP contribution in [0.1, 0.15) is 30.4 Å². The van der Waals surface area contributed by atoms with E-state index in [0.717, 1.165) is 24.2 Å². The first-order valence-corrected chi connectivity index (χ1v) is 9.51. The van der Waals surface area contributed by atoms with E-state index in [9.17, 15) is 4.79 Å². The number of nitrogens with zero attached hydrogens (tertiary/aromatic N) is 1. The molecule has 1 heterocycles. The first kappa shape index (κ1) is 18.3. The van der Waals surface area contributed by atoms with Gasteiger partial charge < -0.3 is 15.0 Å². The molecule has 1 N–H and O–H groups in total. The highest BCUT2D eigenvalue weighted by molar-refractivity contribution is 5.77. The average molecular weight is 352 g/mol. The zero-order chi connectivity index (χ0) is 18.2. The Hall–Kier alpha value is -2.49. The Morgan fingerprint density at radius 3 is 2.62 bits per heavy atom. The first-order valence-electron chi connectivity index (χ1n) is 9.51. The van der Waals surface area contributed by atoms with Gasteiger partial charge in [0.2, 0.25) is 0 Å². The number of ether oxygens (including phenoxy) is 1. The van der Waals surface area contributed by atoms with Gasteiger partial charge in [-0.05, 0) is 68.0 Å². The smallest absolute Gasteiger partial charge is 0.257 e. The van der Waals surface area contributed by atoms with Crippen LogP contribution in [-0.2, 0) is 11.2 Å². The van der Waals surface area contributed by atoms with Crippen LogP contribution in [0.25, 0.3) is 0 Å². The van der Waals surface area contributed by atoms with Crippen molar-refractivity contribution in [3.05, 3.63) is 59.7 Å². The Kier molecular flexibility index (Phi) is 6.53. The summed E-state index contributed by atoms with van der Waals surface area (Å²) in [5.74, 6) is 0.661. The second kappa shape index (κ2) is 9.27. The van der Waals surface area contributed by atoms with Crippen LogP contribution in [0.3, 0.4) is 0 Å². The van der Waals surface area contributed by atoms with Gasteiger partial charge in [-0.2, -0.15) is 0 Å². The van der Waals surface area contributed by atoms with Crippen LogP contribution in [0.15, 0.2) is 48.5 Å². The Morgan fingerprint density at radius 2 is 1.88 bits per heavy atom. The van der Waals surface area contributed by atoms with Crippen LogP contribution < -0.4 is 15.0 Å². The maximum atomic E-state index is 11.9. The van der Waals surface area contributed by atoms with E-state index in [2.05, 4.69) is 34.5 Å². The monoisotopic (exact) mass is 352 g/mol. The molecule has 0 saturated carbocycles. The van der Waals surface area contributed by atoms with Crippen LogP contribution in [0.4, 0.5) is 5.69 Å². The molecule has 0 unspecified atom stereocenters. The molecule has 0 aliphatic carbocycles. The fourth-order valence-corrected chi connectivity index (χ4v) is 3.27. The minimum absolute atomic E-state index is 0.0635. The molecule has 3 rings (SSSR count). The quantitative estimate of drug-likeness (QED) is 0.736. The van der Waals surface area contributed by atoms with Gasteiger partial charge in [0.05, 0.1) is 0 Å². The lowest BCUT2D eigenvalue weighted by Crippen LogP contribution is -2.29. The topological polar surface area (TPSA) is 41.6 Å². The zero-order valence-corrected chi connectivity index (χ0v) is 15.5. The number of rotatable bonds is 8. The van der Waals surface area contributed by atoms with Gasteiger partial charge in [0.15, 0.2) is 6.61 Å². The molecule has 2 aromatic carbocycles. The molecule has 4 heteroatoms. The van der Waals surface area contributed by atoms with Crippen molar-refractivity contribution in [2.24, 2.45) is 0 Å². The van der Waals surface area contributed by atoms with E-state index in [0.29, 0.717) is 6.54 Å². The third-order valence-electron chi connectivity index (χ3n) is 4.73. The summed E-state index contributed by atoms with van der Waals surface area (Å²) in [6.45, 7) is 5.09. The summed E-state index contributed by atoms with van der Waals surface area (Å²) in [6.07, 6.45) is 4.50. The number of carbonyl (C=O) groups excluding carboxylic acids is 1. The van der Waals surface area contributed by atoms with Gasteiger partial charge in [-0.3, -0.25) is 4.79 Å². The summed E-state index contributed by atoms with van der Waals surface area (Å²) in [7, 11) is 0. The molecule has 0 spiro atoms. The van der Waals surface area contributed by atoms with Crippen molar-refractivity contribution in [2.75, 3.05) is 31.1 Å². The number of hydrogen-bond acceptors (Lipinski definition) is 3. The molecule has 0 radical (unpaired) electrons. The molecule has 0 atom stereocenters. The number of amides is 1. The number of benzene rings is 2. The lowest BCUT2D eigenvalue weighted by atomic mass is 10.1.